The van der Waals surface area contributed by atoms with E-state index in [0.29, 0.717) is 0 Å². The maximum Gasteiger partial charge on any atom is 0.254 e. The number of carbonyl (C=O) groups excluding carboxylic acids is 3. The van der Waals surface area contributed by atoms with Crippen LogP contribution in [0.1, 0.15) is 6.92 Å². The lowest BCUT2D eigenvalue weighted by molar-refractivity contribution is -0.141. The van der Waals surface area contributed by atoms with Crippen molar-refractivity contribution in [3.05, 3.63) is 12.2 Å². The fourth-order valence-electron chi connectivity index (χ4n) is 1.05. The normalized spacial score (nSPS) is 17.1. The molecule has 6 heteroatoms. The number of amides is 3. The van der Waals surface area contributed by atoms with Crippen LogP contribution in [0, 0.1) is 0 Å². The Balaban J connectivity index is 2.38. The summed E-state index contributed by atoms with van der Waals surface area (Å²) in [4.78, 5) is 34.1. The van der Waals surface area contributed by atoms with Crippen LogP contribution < -0.4 is 5.32 Å². The standard InChI is InChI=1S/C9H12N2O4/c1-6(12)4-10-7(13)5-11-8(14)2-3-9(11)15/h2-3,6,12H,4-5H2,1H3,(H,10,13)/t6-/m1/s1. The molecule has 1 aliphatic heterocycles. The third-order valence-electron chi connectivity index (χ3n) is 1.80. The van der Waals surface area contributed by atoms with E-state index < -0.39 is 23.8 Å². The van der Waals surface area contributed by atoms with E-state index in [1.165, 1.54) is 6.92 Å². The molecule has 0 saturated carbocycles. The van der Waals surface area contributed by atoms with Crippen LogP contribution in [-0.2, 0) is 14.4 Å². The minimum Gasteiger partial charge on any atom is -0.392 e. The molecule has 0 spiro atoms. The summed E-state index contributed by atoms with van der Waals surface area (Å²) in [6.07, 6.45) is 1.58. The minimum absolute atomic E-state index is 0.0997. The molecule has 0 aromatic heterocycles. The van der Waals surface area contributed by atoms with Crippen molar-refractivity contribution in [2.24, 2.45) is 0 Å². The van der Waals surface area contributed by atoms with E-state index in [0.717, 1.165) is 17.1 Å². The average molecular weight is 212 g/mol. The second-order valence-corrected chi connectivity index (χ2v) is 3.25. The first kappa shape index (κ1) is 11.4. The Labute approximate surface area is 86.6 Å². The molecule has 0 unspecified atom stereocenters. The number of nitrogens with zero attached hydrogens (tertiary/aromatic N) is 1. The van der Waals surface area contributed by atoms with Crippen LogP contribution in [0.5, 0.6) is 0 Å². The molecule has 0 aromatic rings. The summed E-state index contributed by atoms with van der Waals surface area (Å²) in [7, 11) is 0. The molecular weight excluding hydrogens is 200 g/mol. The predicted molar refractivity (Wildman–Crippen MR) is 50.6 cm³/mol. The summed E-state index contributed by atoms with van der Waals surface area (Å²) >= 11 is 0. The molecule has 2 N–H and O–H groups in total. The molecule has 6 nitrogen and oxygen atoms in total. The highest BCUT2D eigenvalue weighted by Crippen LogP contribution is 2.02. The van der Waals surface area contributed by atoms with E-state index in [9.17, 15) is 14.4 Å². The van der Waals surface area contributed by atoms with Crippen molar-refractivity contribution in [3.8, 4) is 0 Å². The molecule has 0 aliphatic carbocycles. The first-order valence-electron chi connectivity index (χ1n) is 4.49. The summed E-state index contributed by atoms with van der Waals surface area (Å²) in [5, 5.41) is 11.3. The molecule has 0 aromatic carbocycles. The smallest absolute Gasteiger partial charge is 0.254 e. The molecule has 0 bridgehead atoms. The van der Waals surface area contributed by atoms with Gasteiger partial charge in [-0.05, 0) is 6.92 Å². The van der Waals surface area contributed by atoms with Gasteiger partial charge in [-0.15, -0.1) is 0 Å². The van der Waals surface area contributed by atoms with E-state index in [4.69, 9.17) is 5.11 Å². The molecule has 3 amide bonds. The van der Waals surface area contributed by atoms with Gasteiger partial charge in [-0.25, -0.2) is 0 Å². The van der Waals surface area contributed by atoms with E-state index in [2.05, 4.69) is 5.32 Å². The van der Waals surface area contributed by atoms with E-state index >= 15 is 0 Å². The fraction of sp³-hybridized carbons (Fsp3) is 0.444. The molecule has 82 valence electrons. The zero-order valence-corrected chi connectivity index (χ0v) is 8.27. The van der Waals surface area contributed by atoms with Gasteiger partial charge in [0.2, 0.25) is 5.91 Å². The van der Waals surface area contributed by atoms with Crippen LogP contribution in [-0.4, -0.2) is 46.9 Å². The lowest BCUT2D eigenvalue weighted by Crippen LogP contribution is -2.42. The first-order valence-corrected chi connectivity index (χ1v) is 4.49. The van der Waals surface area contributed by atoms with Crippen LogP contribution in [0.2, 0.25) is 0 Å². The van der Waals surface area contributed by atoms with Crippen LogP contribution in [0.15, 0.2) is 12.2 Å². The first-order chi connectivity index (χ1) is 7.00. The predicted octanol–water partition coefficient (Wildman–Crippen LogP) is -1.59. The number of rotatable bonds is 4. The Bertz CT molecular complexity index is 304. The Morgan fingerprint density at radius 2 is 2.00 bits per heavy atom. The molecule has 1 atom stereocenters. The highest BCUT2D eigenvalue weighted by molar-refractivity contribution is 6.14. The van der Waals surface area contributed by atoms with E-state index in [1.807, 2.05) is 0 Å². The highest BCUT2D eigenvalue weighted by Gasteiger charge is 2.25. The number of hydrogen-bond donors (Lipinski definition) is 2. The summed E-state index contributed by atoms with van der Waals surface area (Å²) in [5.74, 6) is -1.46. The number of aliphatic hydroxyl groups is 1. The maximum absolute atomic E-state index is 11.2. The summed E-state index contributed by atoms with van der Waals surface area (Å²) in [6.45, 7) is 1.31. The van der Waals surface area contributed by atoms with Crippen molar-refractivity contribution in [1.29, 1.82) is 0 Å². The van der Waals surface area contributed by atoms with Crippen molar-refractivity contribution < 1.29 is 19.5 Å². The van der Waals surface area contributed by atoms with Crippen LogP contribution in [0.3, 0.4) is 0 Å². The van der Waals surface area contributed by atoms with Gasteiger partial charge in [-0.3, -0.25) is 19.3 Å². The number of nitrogens with one attached hydrogen (secondary N) is 1. The Hall–Kier alpha value is -1.69. The van der Waals surface area contributed by atoms with Crippen LogP contribution >= 0.6 is 0 Å². The Morgan fingerprint density at radius 3 is 2.47 bits per heavy atom. The largest absolute Gasteiger partial charge is 0.392 e. The molecular formula is C9H12N2O4. The second kappa shape index (κ2) is 4.70. The fourth-order valence-corrected chi connectivity index (χ4v) is 1.05. The third-order valence-corrected chi connectivity index (χ3v) is 1.80. The SMILES string of the molecule is C[C@@H](O)CNC(=O)CN1C(=O)C=CC1=O. The molecule has 0 fully saturated rings. The monoisotopic (exact) mass is 212 g/mol. The Kier molecular flexibility index (Phi) is 3.56. The lowest BCUT2D eigenvalue weighted by atomic mass is 10.4. The molecule has 1 aliphatic rings. The van der Waals surface area contributed by atoms with Crippen molar-refractivity contribution >= 4 is 17.7 Å². The van der Waals surface area contributed by atoms with Crippen LogP contribution in [0.4, 0.5) is 0 Å². The van der Waals surface area contributed by atoms with Gasteiger partial charge in [0.15, 0.2) is 0 Å². The van der Waals surface area contributed by atoms with Gasteiger partial charge >= 0.3 is 0 Å². The van der Waals surface area contributed by atoms with Gasteiger partial charge < -0.3 is 10.4 Å². The molecule has 15 heavy (non-hydrogen) atoms. The molecule has 0 radical (unpaired) electrons. The maximum atomic E-state index is 11.2. The van der Waals surface area contributed by atoms with Gasteiger partial charge in [0, 0.05) is 18.7 Å². The summed E-state index contributed by atoms with van der Waals surface area (Å²) < 4.78 is 0. The average Bonchev–Trinajstić information content (AvgIpc) is 2.46. The van der Waals surface area contributed by atoms with Gasteiger partial charge in [0.05, 0.1) is 6.10 Å². The van der Waals surface area contributed by atoms with Crippen molar-refractivity contribution in [2.45, 2.75) is 13.0 Å². The minimum atomic E-state index is -0.656. The second-order valence-electron chi connectivity index (χ2n) is 3.25. The topological polar surface area (TPSA) is 86.7 Å². The number of aliphatic hydroxyl groups excluding tert-OH is 1. The Morgan fingerprint density at radius 1 is 1.47 bits per heavy atom. The van der Waals surface area contributed by atoms with Crippen molar-refractivity contribution in [1.82, 2.24) is 10.2 Å². The zero-order valence-electron chi connectivity index (χ0n) is 8.27. The quantitative estimate of drug-likeness (QED) is 0.550. The van der Waals surface area contributed by atoms with E-state index in [-0.39, 0.29) is 13.1 Å². The van der Waals surface area contributed by atoms with Crippen molar-refractivity contribution in [3.63, 3.8) is 0 Å². The lowest BCUT2D eigenvalue weighted by Gasteiger charge is -2.13. The van der Waals surface area contributed by atoms with Crippen LogP contribution in [0.25, 0.3) is 0 Å². The number of imide groups is 1. The number of carbonyl (C=O) groups is 3. The molecule has 0 saturated heterocycles. The van der Waals surface area contributed by atoms with E-state index in [1.54, 1.807) is 0 Å². The summed E-state index contributed by atoms with van der Waals surface area (Å²) in [5.41, 5.74) is 0. The molecule has 1 heterocycles. The summed E-state index contributed by atoms with van der Waals surface area (Å²) in [6, 6.07) is 0. The third kappa shape index (κ3) is 3.17. The van der Waals surface area contributed by atoms with Gasteiger partial charge in [-0.2, -0.15) is 0 Å². The van der Waals surface area contributed by atoms with Gasteiger partial charge in [0.25, 0.3) is 11.8 Å². The van der Waals surface area contributed by atoms with Crippen molar-refractivity contribution in [2.75, 3.05) is 13.1 Å². The number of hydrogen-bond acceptors (Lipinski definition) is 4. The molecule has 1 rings (SSSR count). The van der Waals surface area contributed by atoms with Gasteiger partial charge in [-0.1, -0.05) is 0 Å². The highest BCUT2D eigenvalue weighted by atomic mass is 16.3. The van der Waals surface area contributed by atoms with Gasteiger partial charge in [0.1, 0.15) is 6.54 Å². The zero-order chi connectivity index (χ0) is 11.4.